The van der Waals surface area contributed by atoms with E-state index in [-0.39, 0.29) is 10.1 Å². The second-order valence-electron chi connectivity index (χ2n) is 1.82. The number of hydrogen-bond donors (Lipinski definition) is 2. The van der Waals surface area contributed by atoms with E-state index in [1.165, 1.54) is 0 Å². The number of carboxylic acids is 1. The van der Waals surface area contributed by atoms with Crippen molar-refractivity contribution in [2.45, 2.75) is 0 Å². The third-order valence-corrected chi connectivity index (χ3v) is 1.94. The second-order valence-corrected chi connectivity index (χ2v) is 2.85. The van der Waals surface area contributed by atoms with Crippen LogP contribution in [0, 0.1) is 0 Å². The van der Waals surface area contributed by atoms with Crippen molar-refractivity contribution in [2.75, 3.05) is 0 Å². The summed E-state index contributed by atoms with van der Waals surface area (Å²) in [5.74, 6) is 2.89. The fourth-order valence-corrected chi connectivity index (χ4v) is 1.30. The van der Waals surface area contributed by atoms with Gasteiger partial charge in [0.1, 0.15) is 0 Å². The Morgan fingerprint density at radius 2 is 2.42 bits per heavy atom. The number of nitrogens with two attached hydrogens (primary N) is 1. The van der Waals surface area contributed by atoms with Crippen LogP contribution in [0.3, 0.4) is 0 Å². The highest BCUT2D eigenvalue weighted by Crippen LogP contribution is 2.22. The number of thioether (sulfide) groups is 1. The van der Waals surface area contributed by atoms with Gasteiger partial charge < -0.3 is 15.7 Å². The van der Waals surface area contributed by atoms with E-state index in [2.05, 4.69) is 10.4 Å². The van der Waals surface area contributed by atoms with Gasteiger partial charge in [-0.3, -0.25) is 10.1 Å². The van der Waals surface area contributed by atoms with Crippen LogP contribution in [-0.2, 0) is 9.59 Å². The molecule has 7 heteroatoms. The van der Waals surface area contributed by atoms with Crippen molar-refractivity contribution in [2.24, 2.45) is 10.9 Å². The molecule has 1 aliphatic heterocycles. The maximum absolute atomic E-state index is 10.9. The zero-order valence-electron chi connectivity index (χ0n) is 5.73. The number of aliphatic carboxylic acids is 1. The Kier molecular flexibility index (Phi) is 2.34. The van der Waals surface area contributed by atoms with Crippen LogP contribution in [0.1, 0.15) is 0 Å². The van der Waals surface area contributed by atoms with Gasteiger partial charge in [-0.25, -0.2) is 0 Å². The van der Waals surface area contributed by atoms with E-state index in [9.17, 15) is 14.7 Å². The van der Waals surface area contributed by atoms with Crippen LogP contribution in [0.5, 0.6) is 0 Å². The normalized spacial score (nSPS) is 23.2. The first-order valence-electron chi connectivity index (χ1n) is 2.83. The molecule has 1 amide bonds. The van der Waals surface area contributed by atoms with Gasteiger partial charge in [-0.15, -0.1) is 0 Å². The highest BCUT2D eigenvalue weighted by Gasteiger charge is 2.23. The van der Waals surface area contributed by atoms with E-state index >= 15 is 0 Å². The topological polar surface area (TPSA) is 108 Å². The molecular formula is C5H4N3O3S-. The Labute approximate surface area is 71.5 Å². The van der Waals surface area contributed by atoms with Crippen molar-refractivity contribution in [3.05, 3.63) is 11.0 Å². The zero-order valence-corrected chi connectivity index (χ0v) is 6.55. The van der Waals surface area contributed by atoms with Gasteiger partial charge in [0.2, 0.25) is 0 Å². The van der Waals surface area contributed by atoms with Gasteiger partial charge in [-0.1, -0.05) is 0 Å². The molecule has 6 nitrogen and oxygen atoms in total. The van der Waals surface area contributed by atoms with Crippen LogP contribution in [0.2, 0.25) is 0 Å². The Hall–Kier alpha value is -1.50. The van der Waals surface area contributed by atoms with Crippen molar-refractivity contribution in [1.29, 1.82) is 0 Å². The lowest BCUT2D eigenvalue weighted by atomic mass is 10.5. The molecule has 0 bridgehead atoms. The Balaban J connectivity index is 2.84. The lowest BCUT2D eigenvalue weighted by Gasteiger charge is -1.91. The molecule has 0 radical (unpaired) electrons. The summed E-state index contributed by atoms with van der Waals surface area (Å²) in [5, 5.41) is 15.7. The van der Waals surface area contributed by atoms with Crippen molar-refractivity contribution in [3.8, 4) is 0 Å². The van der Waals surface area contributed by atoms with E-state index in [0.717, 1.165) is 11.8 Å². The molecule has 12 heavy (non-hydrogen) atoms. The van der Waals surface area contributed by atoms with E-state index in [4.69, 9.17) is 5.84 Å². The summed E-state index contributed by atoms with van der Waals surface area (Å²) >= 11 is 0.852. The minimum atomic E-state index is -1.43. The van der Waals surface area contributed by atoms with Crippen LogP contribution < -0.4 is 16.3 Å². The third kappa shape index (κ3) is 1.76. The lowest BCUT2D eigenvalue weighted by Crippen LogP contribution is -2.23. The van der Waals surface area contributed by atoms with Crippen LogP contribution in [0.4, 0.5) is 0 Å². The number of carbonyl (C=O) groups is 2. The van der Waals surface area contributed by atoms with Gasteiger partial charge in [0.05, 0.1) is 10.9 Å². The summed E-state index contributed by atoms with van der Waals surface area (Å²) < 4.78 is 0. The predicted molar refractivity (Wildman–Crippen MR) is 40.4 cm³/mol. The second kappa shape index (κ2) is 3.26. The summed E-state index contributed by atoms with van der Waals surface area (Å²) in [6.45, 7) is 0. The monoisotopic (exact) mass is 186 g/mol. The van der Waals surface area contributed by atoms with E-state index in [1.54, 1.807) is 0 Å². The Morgan fingerprint density at radius 1 is 1.75 bits per heavy atom. The molecule has 1 aliphatic rings. The maximum atomic E-state index is 10.9. The Bertz CT molecular complexity index is 296. The van der Waals surface area contributed by atoms with Crippen LogP contribution in [-0.4, -0.2) is 17.0 Å². The standard InChI is InChI=1S/C5H5N3O3S/c6-8-5-7-4(11)2(12-5)1-3(9)10/h1H,6H2,(H,9,10)(H,7,8,11)/p-1. The molecule has 1 rings (SSSR count). The molecule has 0 aromatic heterocycles. The number of carboxylic acid groups (broad SMARTS) is 1. The molecule has 3 N–H and O–H groups in total. The molecule has 0 saturated carbocycles. The van der Waals surface area contributed by atoms with Gasteiger partial charge >= 0.3 is 0 Å². The van der Waals surface area contributed by atoms with Crippen molar-refractivity contribution < 1.29 is 14.7 Å². The fourth-order valence-electron chi connectivity index (χ4n) is 0.595. The average molecular weight is 186 g/mol. The van der Waals surface area contributed by atoms with Crippen LogP contribution >= 0.6 is 11.8 Å². The van der Waals surface area contributed by atoms with Gasteiger partial charge in [0.25, 0.3) is 5.91 Å². The fraction of sp³-hybridized carbons (Fsp3) is 0. The molecule has 0 atom stereocenters. The van der Waals surface area contributed by atoms with E-state index in [0.29, 0.717) is 6.08 Å². The lowest BCUT2D eigenvalue weighted by molar-refractivity contribution is -0.297. The van der Waals surface area contributed by atoms with Gasteiger partial charge in [0, 0.05) is 0 Å². The van der Waals surface area contributed by atoms with Gasteiger partial charge in [-0.05, 0) is 17.8 Å². The van der Waals surface area contributed by atoms with Gasteiger partial charge in [0.15, 0.2) is 5.17 Å². The molecular weight excluding hydrogens is 182 g/mol. The zero-order chi connectivity index (χ0) is 9.14. The van der Waals surface area contributed by atoms with E-state index in [1.807, 2.05) is 0 Å². The molecule has 0 spiro atoms. The molecule has 1 fully saturated rings. The summed E-state index contributed by atoms with van der Waals surface area (Å²) in [6.07, 6.45) is 0.693. The molecule has 1 heterocycles. The number of nitrogens with zero attached hydrogens (tertiary/aromatic N) is 1. The highest BCUT2D eigenvalue weighted by atomic mass is 32.2. The quantitative estimate of drug-likeness (QED) is 0.272. The Morgan fingerprint density at radius 3 is 2.83 bits per heavy atom. The number of rotatable bonds is 1. The first-order valence-corrected chi connectivity index (χ1v) is 3.65. The SMILES string of the molecule is N/N=C1/NC(=O)C(=CC(=O)[O-])S1. The average Bonchev–Trinajstić information content (AvgIpc) is 2.31. The molecule has 0 aromatic carbocycles. The van der Waals surface area contributed by atoms with Crippen LogP contribution in [0.15, 0.2) is 16.1 Å². The number of hydrogen-bond acceptors (Lipinski definition) is 6. The largest absolute Gasteiger partial charge is 0.545 e. The minimum Gasteiger partial charge on any atom is -0.545 e. The summed E-state index contributed by atoms with van der Waals surface area (Å²) in [7, 11) is 0. The number of amides is 1. The summed E-state index contributed by atoms with van der Waals surface area (Å²) in [6, 6.07) is 0. The van der Waals surface area contributed by atoms with E-state index < -0.39 is 11.9 Å². The molecule has 0 unspecified atom stereocenters. The number of hydrazone groups is 1. The highest BCUT2D eigenvalue weighted by molar-refractivity contribution is 8.18. The molecule has 0 aliphatic carbocycles. The summed E-state index contributed by atoms with van der Waals surface area (Å²) in [4.78, 5) is 20.9. The number of carbonyl (C=O) groups excluding carboxylic acids is 2. The van der Waals surface area contributed by atoms with Gasteiger partial charge in [-0.2, -0.15) is 5.10 Å². The summed E-state index contributed by atoms with van der Waals surface area (Å²) in [5.41, 5.74) is 0. The molecule has 64 valence electrons. The van der Waals surface area contributed by atoms with Crippen molar-refractivity contribution >= 4 is 28.8 Å². The first-order chi connectivity index (χ1) is 5.63. The minimum absolute atomic E-state index is 0.0131. The smallest absolute Gasteiger partial charge is 0.264 e. The maximum Gasteiger partial charge on any atom is 0.264 e. The number of amidine groups is 1. The predicted octanol–water partition coefficient (Wildman–Crippen LogP) is -2.29. The van der Waals surface area contributed by atoms with Crippen LogP contribution in [0.25, 0.3) is 0 Å². The molecule has 0 aromatic rings. The number of nitrogens with one attached hydrogen (secondary N) is 1. The molecule has 1 saturated heterocycles. The third-order valence-electron chi connectivity index (χ3n) is 1.02. The van der Waals surface area contributed by atoms with Crippen molar-refractivity contribution in [3.63, 3.8) is 0 Å². The first kappa shape index (κ1) is 8.60. The van der Waals surface area contributed by atoms with Crippen molar-refractivity contribution in [1.82, 2.24) is 5.32 Å².